The minimum Gasteiger partial charge on any atom is -0.381 e. The Balaban J connectivity index is 1.97. The molecule has 1 saturated heterocycles. The van der Waals surface area contributed by atoms with Crippen LogP contribution in [0.2, 0.25) is 0 Å². The van der Waals surface area contributed by atoms with Crippen LogP contribution in [0.5, 0.6) is 0 Å². The minimum absolute atomic E-state index is 0.232. The summed E-state index contributed by atoms with van der Waals surface area (Å²) in [6.07, 6.45) is 6.94. The minimum atomic E-state index is -0.232. The molecule has 0 aromatic carbocycles. The number of ether oxygens (including phenoxy) is 1. The Hall–Kier alpha value is -1.62. The lowest BCUT2D eigenvalue weighted by atomic mass is 10.0. The van der Waals surface area contributed by atoms with Crippen molar-refractivity contribution in [2.75, 3.05) is 18.5 Å². The maximum Gasteiger partial charge on any atom is 0.250 e. The van der Waals surface area contributed by atoms with E-state index in [0.717, 1.165) is 32.6 Å². The Kier molecular flexibility index (Phi) is 3.93. The van der Waals surface area contributed by atoms with Gasteiger partial charge >= 0.3 is 0 Å². The van der Waals surface area contributed by atoms with Gasteiger partial charge in [0.1, 0.15) is 0 Å². The molecule has 2 heterocycles. The second-order valence-corrected chi connectivity index (χ2v) is 4.15. The first-order valence-electron chi connectivity index (χ1n) is 5.82. The molecule has 0 unspecified atom stereocenters. The van der Waals surface area contributed by atoms with Gasteiger partial charge in [-0.1, -0.05) is 6.58 Å². The highest BCUT2D eigenvalue weighted by Gasteiger charge is 2.16. The molecule has 1 aliphatic heterocycles. The van der Waals surface area contributed by atoms with Crippen LogP contribution in [0.3, 0.4) is 0 Å². The van der Waals surface area contributed by atoms with Gasteiger partial charge in [-0.3, -0.25) is 10.1 Å². The van der Waals surface area contributed by atoms with Crippen molar-refractivity contribution >= 4 is 11.9 Å². The standard InChI is InChI=1S/C12H17N3O2/c1-2-11(16)14-12-13-5-6-15(12)9-10-3-7-17-8-4-10/h2,5-6,10H,1,3-4,7-9H2,(H,13,14,16). The fourth-order valence-electron chi connectivity index (χ4n) is 1.95. The van der Waals surface area contributed by atoms with Gasteiger partial charge in [-0.05, 0) is 24.8 Å². The molecule has 0 bridgehead atoms. The summed E-state index contributed by atoms with van der Waals surface area (Å²) in [7, 11) is 0. The molecule has 0 radical (unpaired) electrons. The summed E-state index contributed by atoms with van der Waals surface area (Å²) in [4.78, 5) is 15.3. The number of aromatic nitrogens is 2. The van der Waals surface area contributed by atoms with Gasteiger partial charge in [-0.2, -0.15) is 0 Å². The summed E-state index contributed by atoms with van der Waals surface area (Å²) < 4.78 is 7.29. The largest absolute Gasteiger partial charge is 0.381 e. The number of carbonyl (C=O) groups excluding carboxylic acids is 1. The van der Waals surface area contributed by atoms with Gasteiger partial charge in [0.05, 0.1) is 0 Å². The van der Waals surface area contributed by atoms with Gasteiger partial charge in [0.15, 0.2) is 0 Å². The summed E-state index contributed by atoms with van der Waals surface area (Å²) in [5.41, 5.74) is 0. The molecule has 0 saturated carbocycles. The average molecular weight is 235 g/mol. The Morgan fingerprint density at radius 3 is 3.12 bits per heavy atom. The van der Waals surface area contributed by atoms with Crippen molar-refractivity contribution < 1.29 is 9.53 Å². The van der Waals surface area contributed by atoms with Gasteiger partial charge in [-0.25, -0.2) is 4.98 Å². The van der Waals surface area contributed by atoms with Crippen molar-refractivity contribution in [3.8, 4) is 0 Å². The third kappa shape index (κ3) is 3.17. The van der Waals surface area contributed by atoms with E-state index in [1.54, 1.807) is 6.20 Å². The van der Waals surface area contributed by atoms with Crippen molar-refractivity contribution in [1.82, 2.24) is 9.55 Å². The second-order valence-electron chi connectivity index (χ2n) is 4.15. The number of nitrogens with one attached hydrogen (secondary N) is 1. The predicted octanol–water partition coefficient (Wildman–Crippen LogP) is 1.43. The van der Waals surface area contributed by atoms with E-state index in [4.69, 9.17) is 4.74 Å². The summed E-state index contributed by atoms with van der Waals surface area (Å²) >= 11 is 0. The van der Waals surface area contributed by atoms with Crippen LogP contribution in [-0.4, -0.2) is 28.7 Å². The monoisotopic (exact) mass is 235 g/mol. The highest BCUT2D eigenvalue weighted by Crippen LogP contribution is 2.18. The van der Waals surface area contributed by atoms with Crippen LogP contribution < -0.4 is 5.32 Å². The number of carbonyl (C=O) groups is 1. The molecular formula is C12H17N3O2. The fraction of sp³-hybridized carbons (Fsp3) is 0.500. The van der Waals surface area contributed by atoms with Crippen molar-refractivity contribution in [2.24, 2.45) is 5.92 Å². The Bertz CT molecular complexity index is 394. The molecule has 1 fully saturated rings. The van der Waals surface area contributed by atoms with Gasteiger partial charge < -0.3 is 9.30 Å². The number of hydrogen-bond donors (Lipinski definition) is 1. The van der Waals surface area contributed by atoms with Crippen molar-refractivity contribution in [1.29, 1.82) is 0 Å². The summed E-state index contributed by atoms with van der Waals surface area (Å²) in [5, 5.41) is 2.69. The van der Waals surface area contributed by atoms with Gasteiger partial charge in [0, 0.05) is 32.2 Å². The molecule has 17 heavy (non-hydrogen) atoms. The van der Waals surface area contributed by atoms with E-state index in [-0.39, 0.29) is 5.91 Å². The maximum absolute atomic E-state index is 11.2. The molecule has 1 amide bonds. The van der Waals surface area contributed by atoms with E-state index < -0.39 is 0 Å². The second kappa shape index (κ2) is 5.63. The Morgan fingerprint density at radius 1 is 1.65 bits per heavy atom. The quantitative estimate of drug-likeness (QED) is 0.803. The molecule has 1 aromatic rings. The molecule has 0 spiro atoms. The maximum atomic E-state index is 11.2. The van der Waals surface area contributed by atoms with Crippen molar-refractivity contribution in [3.05, 3.63) is 25.0 Å². The number of nitrogens with zero attached hydrogens (tertiary/aromatic N) is 2. The van der Waals surface area contributed by atoms with E-state index in [9.17, 15) is 4.79 Å². The smallest absolute Gasteiger partial charge is 0.250 e. The van der Waals surface area contributed by atoms with E-state index in [1.807, 2.05) is 10.8 Å². The van der Waals surface area contributed by atoms with Crippen LogP contribution >= 0.6 is 0 Å². The number of imidazole rings is 1. The first-order chi connectivity index (χ1) is 8.29. The number of anilines is 1. The zero-order valence-corrected chi connectivity index (χ0v) is 9.76. The van der Waals surface area contributed by atoms with Crippen LogP contribution in [-0.2, 0) is 16.1 Å². The lowest BCUT2D eigenvalue weighted by Gasteiger charge is -2.22. The third-order valence-electron chi connectivity index (χ3n) is 2.93. The molecule has 92 valence electrons. The molecule has 1 aliphatic rings. The van der Waals surface area contributed by atoms with Crippen LogP contribution in [0.1, 0.15) is 12.8 Å². The highest BCUT2D eigenvalue weighted by atomic mass is 16.5. The fourth-order valence-corrected chi connectivity index (χ4v) is 1.95. The third-order valence-corrected chi connectivity index (χ3v) is 2.93. The number of rotatable bonds is 4. The van der Waals surface area contributed by atoms with Crippen molar-refractivity contribution in [2.45, 2.75) is 19.4 Å². The number of hydrogen-bond acceptors (Lipinski definition) is 3. The highest BCUT2D eigenvalue weighted by molar-refractivity contribution is 5.97. The Labute approximate surface area is 100 Å². The first kappa shape index (κ1) is 11.9. The van der Waals surface area contributed by atoms with E-state index >= 15 is 0 Å². The molecule has 0 aliphatic carbocycles. The van der Waals surface area contributed by atoms with Crippen molar-refractivity contribution in [3.63, 3.8) is 0 Å². The number of amides is 1. The zero-order valence-electron chi connectivity index (χ0n) is 9.76. The molecule has 0 atom stereocenters. The SMILES string of the molecule is C=CC(=O)Nc1nccn1CC1CCOCC1. The van der Waals surface area contributed by atoms with E-state index in [0.29, 0.717) is 11.9 Å². The normalized spacial score (nSPS) is 16.7. The molecular weight excluding hydrogens is 218 g/mol. The zero-order chi connectivity index (χ0) is 12.1. The van der Waals surface area contributed by atoms with Crippen LogP contribution in [0.4, 0.5) is 5.95 Å². The lowest BCUT2D eigenvalue weighted by molar-refractivity contribution is -0.111. The summed E-state index contributed by atoms with van der Waals surface area (Å²) in [5.74, 6) is 0.947. The lowest BCUT2D eigenvalue weighted by Crippen LogP contribution is -2.21. The molecule has 2 rings (SSSR count). The van der Waals surface area contributed by atoms with Crippen LogP contribution in [0.25, 0.3) is 0 Å². The molecule has 1 N–H and O–H groups in total. The molecule has 5 heteroatoms. The molecule has 5 nitrogen and oxygen atoms in total. The predicted molar refractivity (Wildman–Crippen MR) is 64.6 cm³/mol. The van der Waals surface area contributed by atoms with Gasteiger partial charge in [-0.15, -0.1) is 0 Å². The van der Waals surface area contributed by atoms with Gasteiger partial charge in [0.25, 0.3) is 0 Å². The van der Waals surface area contributed by atoms with Gasteiger partial charge in [0.2, 0.25) is 11.9 Å². The van der Waals surface area contributed by atoms with E-state index in [1.165, 1.54) is 6.08 Å². The van der Waals surface area contributed by atoms with Crippen LogP contribution in [0, 0.1) is 5.92 Å². The Morgan fingerprint density at radius 2 is 2.41 bits per heavy atom. The summed E-state index contributed by atoms with van der Waals surface area (Å²) in [6, 6.07) is 0. The summed E-state index contributed by atoms with van der Waals surface area (Å²) in [6.45, 7) is 5.95. The van der Waals surface area contributed by atoms with E-state index in [2.05, 4.69) is 16.9 Å². The van der Waals surface area contributed by atoms with Crippen LogP contribution in [0.15, 0.2) is 25.0 Å². The topological polar surface area (TPSA) is 56.2 Å². The average Bonchev–Trinajstić information content (AvgIpc) is 2.78. The first-order valence-corrected chi connectivity index (χ1v) is 5.82. The molecule has 1 aromatic heterocycles.